The van der Waals surface area contributed by atoms with Crippen LogP contribution >= 0.6 is 15.9 Å². The van der Waals surface area contributed by atoms with Crippen LogP contribution in [-0.4, -0.2) is 21.3 Å². The number of hydrogen-bond acceptors (Lipinski definition) is 3. The van der Waals surface area contributed by atoms with Crippen molar-refractivity contribution < 1.29 is 13.6 Å². The first-order valence-corrected chi connectivity index (χ1v) is 4.93. The molecule has 0 saturated carbocycles. The molecule has 0 saturated heterocycles. The van der Waals surface area contributed by atoms with Crippen molar-refractivity contribution in [2.24, 2.45) is 0 Å². The van der Waals surface area contributed by atoms with Crippen LogP contribution < -0.4 is 0 Å². The van der Waals surface area contributed by atoms with Crippen LogP contribution in [0.4, 0.5) is 8.78 Å². The molecular weight excluding hydrogens is 284 g/mol. The minimum Gasteiger partial charge on any atom is -0.296 e. The van der Waals surface area contributed by atoms with Crippen molar-refractivity contribution in [2.75, 3.05) is 0 Å². The fourth-order valence-corrected chi connectivity index (χ4v) is 1.45. The summed E-state index contributed by atoms with van der Waals surface area (Å²) in [6.07, 6.45) is 1.68. The van der Waals surface area contributed by atoms with Gasteiger partial charge in [0.1, 0.15) is 23.0 Å². The van der Waals surface area contributed by atoms with Gasteiger partial charge in [-0.15, -0.1) is 5.10 Å². The number of aromatic nitrogens is 3. The molecule has 0 atom stereocenters. The zero-order chi connectivity index (χ0) is 11.7. The molecule has 82 valence electrons. The second kappa shape index (κ2) is 4.09. The van der Waals surface area contributed by atoms with Gasteiger partial charge in [0.05, 0.1) is 10.7 Å². The van der Waals surface area contributed by atoms with Gasteiger partial charge in [-0.25, -0.2) is 13.5 Å². The molecule has 0 amide bonds. The van der Waals surface area contributed by atoms with Gasteiger partial charge in [0.25, 0.3) is 0 Å². The van der Waals surface area contributed by atoms with E-state index in [0.717, 1.165) is 16.8 Å². The van der Waals surface area contributed by atoms with Gasteiger partial charge in [-0.1, -0.05) is 5.21 Å². The summed E-state index contributed by atoms with van der Waals surface area (Å²) in [5, 5.41) is 6.95. The molecule has 1 aromatic carbocycles. The molecule has 0 aliphatic heterocycles. The second-order valence-corrected chi connectivity index (χ2v) is 3.78. The van der Waals surface area contributed by atoms with E-state index in [-0.39, 0.29) is 15.9 Å². The SMILES string of the molecule is O=Cc1cn(-c2cc(F)c(Br)cc2F)nn1. The maximum Gasteiger partial charge on any atom is 0.171 e. The van der Waals surface area contributed by atoms with E-state index >= 15 is 0 Å². The predicted octanol–water partition coefficient (Wildman–Crippen LogP) is 2.12. The normalized spacial score (nSPS) is 10.4. The summed E-state index contributed by atoms with van der Waals surface area (Å²) in [5.74, 6) is -1.30. The quantitative estimate of drug-likeness (QED) is 0.628. The van der Waals surface area contributed by atoms with E-state index in [0.29, 0.717) is 6.29 Å². The topological polar surface area (TPSA) is 47.8 Å². The number of carbonyl (C=O) groups is 1. The van der Waals surface area contributed by atoms with E-state index in [4.69, 9.17) is 0 Å². The second-order valence-electron chi connectivity index (χ2n) is 2.92. The van der Waals surface area contributed by atoms with E-state index in [9.17, 15) is 13.6 Å². The molecule has 0 radical (unpaired) electrons. The Morgan fingerprint density at radius 1 is 1.31 bits per heavy atom. The fourth-order valence-electron chi connectivity index (χ4n) is 1.14. The number of hydrogen-bond donors (Lipinski definition) is 0. The molecule has 4 nitrogen and oxygen atoms in total. The van der Waals surface area contributed by atoms with E-state index in [1.165, 1.54) is 6.20 Å². The van der Waals surface area contributed by atoms with Crippen LogP contribution in [0.1, 0.15) is 10.5 Å². The Kier molecular flexibility index (Phi) is 2.78. The van der Waals surface area contributed by atoms with Gasteiger partial charge in [0.15, 0.2) is 6.29 Å². The Bertz CT molecular complexity index is 556. The van der Waals surface area contributed by atoms with Gasteiger partial charge in [0, 0.05) is 6.07 Å². The molecule has 0 spiro atoms. The smallest absolute Gasteiger partial charge is 0.171 e. The maximum absolute atomic E-state index is 13.5. The van der Waals surface area contributed by atoms with Crippen molar-refractivity contribution >= 4 is 22.2 Å². The molecule has 7 heteroatoms. The lowest BCUT2D eigenvalue weighted by Gasteiger charge is -2.03. The number of halogens is 3. The molecule has 1 heterocycles. The summed E-state index contributed by atoms with van der Waals surface area (Å²) in [6.45, 7) is 0. The predicted molar refractivity (Wildman–Crippen MR) is 54.4 cm³/mol. The first-order valence-electron chi connectivity index (χ1n) is 4.14. The lowest BCUT2D eigenvalue weighted by Crippen LogP contribution is -2.00. The molecule has 0 fully saturated rings. The summed E-state index contributed by atoms with van der Waals surface area (Å²) in [7, 11) is 0. The molecule has 0 bridgehead atoms. The van der Waals surface area contributed by atoms with Crippen LogP contribution in [0.2, 0.25) is 0 Å². The summed E-state index contributed by atoms with van der Waals surface area (Å²) < 4.78 is 27.7. The summed E-state index contributed by atoms with van der Waals surface area (Å²) in [6, 6.07) is 1.94. The molecular formula is C9H4BrF2N3O. The van der Waals surface area contributed by atoms with Crippen molar-refractivity contribution in [2.45, 2.75) is 0 Å². The average molecular weight is 288 g/mol. The number of rotatable bonds is 2. The zero-order valence-electron chi connectivity index (χ0n) is 7.69. The van der Waals surface area contributed by atoms with Crippen molar-refractivity contribution in [3.05, 3.63) is 40.1 Å². The number of carbonyl (C=O) groups excluding carboxylic acids is 1. The minimum absolute atomic E-state index is 0.0180. The van der Waals surface area contributed by atoms with Crippen LogP contribution in [-0.2, 0) is 0 Å². The van der Waals surface area contributed by atoms with E-state index in [1.54, 1.807) is 0 Å². The Labute approximate surface area is 97.0 Å². The molecule has 1 aromatic heterocycles. The van der Waals surface area contributed by atoms with Crippen molar-refractivity contribution in [3.8, 4) is 5.69 Å². The monoisotopic (exact) mass is 287 g/mol. The molecule has 0 unspecified atom stereocenters. The third-order valence-electron chi connectivity index (χ3n) is 1.87. The lowest BCUT2D eigenvalue weighted by atomic mass is 10.3. The molecule has 0 aliphatic rings. The third kappa shape index (κ3) is 1.85. The average Bonchev–Trinajstić information content (AvgIpc) is 2.71. The van der Waals surface area contributed by atoms with Crippen molar-refractivity contribution in [1.29, 1.82) is 0 Å². The minimum atomic E-state index is -0.671. The van der Waals surface area contributed by atoms with Gasteiger partial charge >= 0.3 is 0 Å². The molecule has 16 heavy (non-hydrogen) atoms. The van der Waals surface area contributed by atoms with Crippen LogP contribution in [0, 0.1) is 11.6 Å². The van der Waals surface area contributed by atoms with Gasteiger partial charge in [-0.3, -0.25) is 4.79 Å². The number of aldehydes is 1. The number of nitrogens with zero attached hydrogens (tertiary/aromatic N) is 3. The van der Waals surface area contributed by atoms with Gasteiger partial charge < -0.3 is 0 Å². The Morgan fingerprint density at radius 2 is 2.06 bits per heavy atom. The third-order valence-corrected chi connectivity index (χ3v) is 2.48. The van der Waals surface area contributed by atoms with Crippen LogP contribution in [0.3, 0.4) is 0 Å². The fraction of sp³-hybridized carbons (Fsp3) is 0. The van der Waals surface area contributed by atoms with Crippen LogP contribution in [0.5, 0.6) is 0 Å². The Morgan fingerprint density at radius 3 is 2.69 bits per heavy atom. The van der Waals surface area contributed by atoms with Gasteiger partial charge in [0.2, 0.25) is 0 Å². The van der Waals surface area contributed by atoms with E-state index in [2.05, 4.69) is 26.2 Å². The van der Waals surface area contributed by atoms with Crippen molar-refractivity contribution in [1.82, 2.24) is 15.0 Å². The van der Waals surface area contributed by atoms with Gasteiger partial charge in [-0.05, 0) is 22.0 Å². The van der Waals surface area contributed by atoms with Gasteiger partial charge in [-0.2, -0.15) is 0 Å². The van der Waals surface area contributed by atoms with Crippen molar-refractivity contribution in [3.63, 3.8) is 0 Å². The first kappa shape index (κ1) is 10.9. The summed E-state index contributed by atoms with van der Waals surface area (Å²) >= 11 is 2.86. The highest BCUT2D eigenvalue weighted by molar-refractivity contribution is 9.10. The largest absolute Gasteiger partial charge is 0.296 e. The first-order chi connectivity index (χ1) is 7.61. The molecule has 0 aliphatic carbocycles. The lowest BCUT2D eigenvalue weighted by molar-refractivity contribution is 0.111. The number of benzene rings is 1. The van der Waals surface area contributed by atoms with Crippen LogP contribution in [0.25, 0.3) is 5.69 Å². The van der Waals surface area contributed by atoms with E-state index in [1.807, 2.05) is 0 Å². The Hall–Kier alpha value is -1.63. The molecule has 2 rings (SSSR count). The Balaban J connectivity index is 2.55. The van der Waals surface area contributed by atoms with E-state index < -0.39 is 11.6 Å². The molecule has 2 aromatic rings. The standard InChI is InChI=1S/C9H4BrF2N3O/c10-6-1-8(12)9(2-7(6)11)15-3-5(4-16)13-14-15/h1-4H. The highest BCUT2D eigenvalue weighted by Crippen LogP contribution is 2.21. The van der Waals surface area contributed by atoms with Crippen LogP contribution in [0.15, 0.2) is 22.8 Å². The summed E-state index contributed by atoms with van der Waals surface area (Å²) in [5.41, 5.74) is -0.0657. The zero-order valence-corrected chi connectivity index (χ0v) is 9.28. The molecule has 0 N–H and O–H groups in total. The highest BCUT2D eigenvalue weighted by atomic mass is 79.9. The maximum atomic E-state index is 13.5. The summed E-state index contributed by atoms with van der Waals surface area (Å²) in [4.78, 5) is 10.4. The highest BCUT2D eigenvalue weighted by Gasteiger charge is 2.11.